The smallest absolute Gasteiger partial charge is 0.206 e. The second kappa shape index (κ2) is 6.02. The molecule has 0 spiro atoms. The highest BCUT2D eigenvalue weighted by molar-refractivity contribution is 7.14. The van der Waals surface area contributed by atoms with Gasteiger partial charge in [0.25, 0.3) is 0 Å². The van der Waals surface area contributed by atoms with Crippen LogP contribution in [0.15, 0.2) is 24.3 Å². The summed E-state index contributed by atoms with van der Waals surface area (Å²) in [6, 6.07) is 7.88. The zero-order valence-corrected chi connectivity index (χ0v) is 13.4. The first kappa shape index (κ1) is 14.3. The third kappa shape index (κ3) is 2.88. The van der Waals surface area contributed by atoms with Gasteiger partial charge in [-0.25, -0.2) is 0 Å². The largest absolute Gasteiger partial charge is 0.496 e. The van der Waals surface area contributed by atoms with Gasteiger partial charge >= 0.3 is 0 Å². The summed E-state index contributed by atoms with van der Waals surface area (Å²) in [6.45, 7) is 2.00. The predicted octanol–water partition coefficient (Wildman–Crippen LogP) is 4.57. The lowest BCUT2D eigenvalue weighted by molar-refractivity contribution is 0.103. The van der Waals surface area contributed by atoms with Gasteiger partial charge in [0.05, 0.1) is 17.6 Å². The Balaban J connectivity index is 1.97. The molecule has 21 heavy (non-hydrogen) atoms. The van der Waals surface area contributed by atoms with Crippen molar-refractivity contribution in [3.63, 3.8) is 0 Å². The summed E-state index contributed by atoms with van der Waals surface area (Å²) >= 11 is 1.67. The molecule has 0 N–H and O–H groups in total. The van der Waals surface area contributed by atoms with Crippen molar-refractivity contribution in [3.05, 3.63) is 50.7 Å². The summed E-state index contributed by atoms with van der Waals surface area (Å²) in [5.41, 5.74) is 3.14. The molecule has 110 valence electrons. The van der Waals surface area contributed by atoms with Crippen LogP contribution in [0.5, 0.6) is 5.75 Å². The van der Waals surface area contributed by atoms with Gasteiger partial charge in [0.2, 0.25) is 5.78 Å². The number of ketones is 1. The SMILES string of the molecule is COc1ccc(C)cc1C(=O)c1cc2c(s1)CCCCC2. The first-order valence-electron chi connectivity index (χ1n) is 7.50. The van der Waals surface area contributed by atoms with Crippen molar-refractivity contribution in [1.29, 1.82) is 0 Å². The van der Waals surface area contributed by atoms with Crippen molar-refractivity contribution >= 4 is 17.1 Å². The van der Waals surface area contributed by atoms with Gasteiger partial charge in [0.15, 0.2) is 0 Å². The maximum absolute atomic E-state index is 12.8. The molecule has 0 atom stereocenters. The Morgan fingerprint density at radius 3 is 2.76 bits per heavy atom. The summed E-state index contributed by atoms with van der Waals surface area (Å²) in [5, 5.41) is 0. The van der Waals surface area contributed by atoms with Gasteiger partial charge in [0, 0.05) is 4.88 Å². The molecule has 0 bridgehead atoms. The number of aryl methyl sites for hydroxylation is 3. The quantitative estimate of drug-likeness (QED) is 0.613. The Morgan fingerprint density at radius 1 is 1.14 bits per heavy atom. The lowest BCUT2D eigenvalue weighted by Crippen LogP contribution is -2.02. The monoisotopic (exact) mass is 300 g/mol. The Morgan fingerprint density at radius 2 is 1.95 bits per heavy atom. The van der Waals surface area contributed by atoms with Gasteiger partial charge in [0.1, 0.15) is 5.75 Å². The van der Waals surface area contributed by atoms with E-state index in [1.807, 2.05) is 25.1 Å². The number of hydrogen-bond acceptors (Lipinski definition) is 3. The van der Waals surface area contributed by atoms with Crippen molar-refractivity contribution in [2.45, 2.75) is 39.0 Å². The van der Waals surface area contributed by atoms with E-state index in [0.29, 0.717) is 11.3 Å². The normalized spacial score (nSPS) is 14.4. The van der Waals surface area contributed by atoms with Crippen LogP contribution in [-0.2, 0) is 12.8 Å². The molecule has 1 aromatic carbocycles. The van der Waals surface area contributed by atoms with E-state index in [1.165, 1.54) is 29.7 Å². The van der Waals surface area contributed by atoms with Crippen LogP contribution in [0.4, 0.5) is 0 Å². The first-order chi connectivity index (χ1) is 10.2. The van der Waals surface area contributed by atoms with E-state index in [1.54, 1.807) is 18.4 Å². The van der Waals surface area contributed by atoms with E-state index in [4.69, 9.17) is 4.74 Å². The predicted molar refractivity (Wildman–Crippen MR) is 86.7 cm³/mol. The van der Waals surface area contributed by atoms with Crippen LogP contribution in [0.1, 0.15) is 50.5 Å². The molecular formula is C18H20O2S. The molecule has 0 unspecified atom stereocenters. The highest BCUT2D eigenvalue weighted by Gasteiger charge is 2.20. The molecule has 0 fully saturated rings. The molecule has 1 aliphatic rings. The average molecular weight is 300 g/mol. The molecule has 1 aliphatic carbocycles. The molecule has 0 amide bonds. The number of methoxy groups -OCH3 is 1. The number of benzene rings is 1. The summed E-state index contributed by atoms with van der Waals surface area (Å²) in [5.74, 6) is 0.753. The van der Waals surface area contributed by atoms with Crippen molar-refractivity contribution in [2.75, 3.05) is 7.11 Å². The summed E-state index contributed by atoms with van der Waals surface area (Å²) in [6.07, 6.45) is 6.03. The Labute approximate surface area is 129 Å². The van der Waals surface area contributed by atoms with E-state index in [2.05, 4.69) is 6.07 Å². The molecule has 3 rings (SSSR count). The summed E-state index contributed by atoms with van der Waals surface area (Å²) in [7, 11) is 1.62. The molecule has 2 nitrogen and oxygen atoms in total. The number of fused-ring (bicyclic) bond motifs is 1. The number of ether oxygens (including phenoxy) is 1. The molecule has 0 aliphatic heterocycles. The summed E-state index contributed by atoms with van der Waals surface area (Å²) < 4.78 is 5.35. The minimum absolute atomic E-state index is 0.0913. The fourth-order valence-electron chi connectivity index (χ4n) is 2.91. The lowest BCUT2D eigenvalue weighted by atomic mass is 10.0. The third-order valence-corrected chi connectivity index (χ3v) is 5.31. The molecule has 3 heteroatoms. The summed E-state index contributed by atoms with van der Waals surface area (Å²) in [4.78, 5) is 15.1. The average Bonchev–Trinajstić information content (AvgIpc) is 2.77. The maximum Gasteiger partial charge on any atom is 0.206 e. The third-order valence-electron chi connectivity index (χ3n) is 4.07. The standard InChI is InChI=1S/C18H20O2S/c1-12-8-9-15(20-2)14(10-12)18(19)17-11-13-6-4-3-5-7-16(13)21-17/h8-11H,3-7H2,1-2H3. The van der Waals surface area contributed by atoms with Crippen molar-refractivity contribution in [1.82, 2.24) is 0 Å². The highest BCUT2D eigenvalue weighted by Crippen LogP contribution is 2.32. The minimum Gasteiger partial charge on any atom is -0.496 e. The van der Waals surface area contributed by atoms with Crippen LogP contribution in [0.2, 0.25) is 0 Å². The number of carbonyl (C=O) groups excluding carboxylic acids is 1. The van der Waals surface area contributed by atoms with E-state index in [0.717, 1.165) is 23.3 Å². The van der Waals surface area contributed by atoms with Crippen molar-refractivity contribution in [2.24, 2.45) is 0 Å². The van der Waals surface area contributed by atoms with E-state index in [-0.39, 0.29) is 5.78 Å². The van der Waals surface area contributed by atoms with E-state index in [9.17, 15) is 4.79 Å². The van der Waals surface area contributed by atoms with Crippen LogP contribution in [0, 0.1) is 6.92 Å². The van der Waals surface area contributed by atoms with Gasteiger partial charge in [-0.3, -0.25) is 4.79 Å². The Bertz CT molecular complexity index is 646. The molecular weight excluding hydrogens is 280 g/mol. The van der Waals surface area contributed by atoms with Crippen molar-refractivity contribution < 1.29 is 9.53 Å². The van der Waals surface area contributed by atoms with E-state index >= 15 is 0 Å². The van der Waals surface area contributed by atoms with E-state index < -0.39 is 0 Å². The van der Waals surface area contributed by atoms with Crippen LogP contribution in [-0.4, -0.2) is 12.9 Å². The molecule has 0 saturated carbocycles. The van der Waals surface area contributed by atoms with Gasteiger partial charge in [-0.05, 0) is 56.4 Å². The minimum atomic E-state index is 0.0913. The first-order valence-corrected chi connectivity index (χ1v) is 8.31. The molecule has 0 radical (unpaired) electrons. The van der Waals surface area contributed by atoms with Crippen LogP contribution < -0.4 is 4.74 Å². The topological polar surface area (TPSA) is 26.3 Å². The lowest BCUT2D eigenvalue weighted by Gasteiger charge is -2.07. The fraction of sp³-hybridized carbons (Fsp3) is 0.389. The van der Waals surface area contributed by atoms with Crippen molar-refractivity contribution in [3.8, 4) is 5.75 Å². The number of rotatable bonds is 3. The second-order valence-corrected chi connectivity index (χ2v) is 6.79. The van der Waals surface area contributed by atoms with Crippen LogP contribution in [0.25, 0.3) is 0 Å². The maximum atomic E-state index is 12.8. The zero-order chi connectivity index (χ0) is 14.8. The molecule has 0 saturated heterocycles. The number of thiophene rings is 1. The number of hydrogen-bond donors (Lipinski definition) is 0. The Hall–Kier alpha value is -1.61. The van der Waals surface area contributed by atoms with Crippen LogP contribution in [0.3, 0.4) is 0 Å². The fourth-order valence-corrected chi connectivity index (χ4v) is 4.12. The van der Waals surface area contributed by atoms with Crippen LogP contribution >= 0.6 is 11.3 Å². The van der Waals surface area contributed by atoms with Gasteiger partial charge in [-0.1, -0.05) is 18.1 Å². The number of carbonyl (C=O) groups is 1. The molecule has 2 aromatic rings. The van der Waals surface area contributed by atoms with Gasteiger partial charge in [-0.2, -0.15) is 0 Å². The molecule has 1 aromatic heterocycles. The highest BCUT2D eigenvalue weighted by atomic mass is 32.1. The molecule has 1 heterocycles. The Kier molecular flexibility index (Phi) is 4.11. The second-order valence-electron chi connectivity index (χ2n) is 5.65. The zero-order valence-electron chi connectivity index (χ0n) is 12.6. The van der Waals surface area contributed by atoms with Gasteiger partial charge < -0.3 is 4.74 Å². The van der Waals surface area contributed by atoms with Gasteiger partial charge in [-0.15, -0.1) is 11.3 Å².